The second kappa shape index (κ2) is 4.13. The minimum Gasteiger partial charge on any atom is -0.481 e. The molecule has 3 heterocycles. The van der Waals surface area contributed by atoms with Crippen molar-refractivity contribution >= 4 is 17.6 Å². The first kappa shape index (κ1) is 11.3. The van der Waals surface area contributed by atoms with Crippen LogP contribution in [0.2, 0.25) is 5.22 Å². The van der Waals surface area contributed by atoms with Gasteiger partial charge in [0, 0.05) is 13.0 Å². The molecule has 2 aromatic heterocycles. The minimum absolute atomic E-state index is 0.293. The normalized spacial score (nSPS) is 18.6. The fourth-order valence-electron chi connectivity index (χ4n) is 2.16. The molecule has 1 aliphatic rings. The smallest absolute Gasteiger partial charge is 0.307 e. The van der Waals surface area contributed by atoms with Crippen LogP contribution in [0.5, 0.6) is 0 Å². The van der Waals surface area contributed by atoms with Crippen LogP contribution in [0, 0.1) is 5.92 Å². The summed E-state index contributed by atoms with van der Waals surface area (Å²) in [6, 6.07) is 3.37. The standard InChI is InChI=1S/C11H10ClN3O3/c12-8-2-1-7(18-8)10-14-13-9-5-6(11(16)17)3-4-15(9)10/h1-2,6H,3-5H2,(H,16,17). The Morgan fingerprint density at radius 2 is 2.33 bits per heavy atom. The maximum absolute atomic E-state index is 11.0. The summed E-state index contributed by atoms with van der Waals surface area (Å²) in [4.78, 5) is 11.0. The minimum atomic E-state index is -0.785. The van der Waals surface area contributed by atoms with Crippen LogP contribution in [0.3, 0.4) is 0 Å². The Morgan fingerprint density at radius 1 is 1.50 bits per heavy atom. The van der Waals surface area contributed by atoms with Gasteiger partial charge in [-0.05, 0) is 30.2 Å². The SMILES string of the molecule is O=C(O)C1CCn2c(nnc2-c2ccc(Cl)o2)C1. The molecule has 1 aliphatic heterocycles. The first-order valence-electron chi connectivity index (χ1n) is 5.56. The summed E-state index contributed by atoms with van der Waals surface area (Å²) in [5.74, 6) is 0.658. The van der Waals surface area contributed by atoms with Crippen molar-refractivity contribution in [2.45, 2.75) is 19.4 Å². The molecule has 2 aromatic rings. The quantitative estimate of drug-likeness (QED) is 0.898. The van der Waals surface area contributed by atoms with Gasteiger partial charge in [-0.2, -0.15) is 0 Å². The second-order valence-corrected chi connectivity index (χ2v) is 4.60. The molecular formula is C11H10ClN3O3. The van der Waals surface area contributed by atoms with Crippen LogP contribution < -0.4 is 0 Å². The number of aromatic nitrogens is 3. The number of carbonyl (C=O) groups is 1. The van der Waals surface area contributed by atoms with E-state index in [2.05, 4.69) is 10.2 Å². The Bertz CT molecular complexity index is 604. The highest BCUT2D eigenvalue weighted by Gasteiger charge is 2.28. The molecule has 18 heavy (non-hydrogen) atoms. The van der Waals surface area contributed by atoms with Crippen molar-refractivity contribution in [3.05, 3.63) is 23.2 Å². The van der Waals surface area contributed by atoms with Crippen molar-refractivity contribution in [3.8, 4) is 11.6 Å². The van der Waals surface area contributed by atoms with Gasteiger partial charge in [-0.25, -0.2) is 0 Å². The van der Waals surface area contributed by atoms with Gasteiger partial charge in [-0.3, -0.25) is 4.79 Å². The predicted molar refractivity (Wildman–Crippen MR) is 62.2 cm³/mol. The van der Waals surface area contributed by atoms with E-state index in [1.54, 1.807) is 12.1 Å². The lowest BCUT2D eigenvalue weighted by atomic mass is 9.98. The third-order valence-electron chi connectivity index (χ3n) is 3.10. The molecule has 0 aromatic carbocycles. The highest BCUT2D eigenvalue weighted by molar-refractivity contribution is 6.28. The number of furan rings is 1. The van der Waals surface area contributed by atoms with Crippen LogP contribution in [0.1, 0.15) is 12.2 Å². The topological polar surface area (TPSA) is 81.1 Å². The molecule has 3 rings (SSSR count). The fourth-order valence-corrected chi connectivity index (χ4v) is 2.30. The van der Waals surface area contributed by atoms with E-state index in [1.807, 2.05) is 4.57 Å². The van der Waals surface area contributed by atoms with Gasteiger partial charge < -0.3 is 14.1 Å². The van der Waals surface area contributed by atoms with Gasteiger partial charge in [0.1, 0.15) is 5.82 Å². The Kier molecular flexibility index (Phi) is 2.59. The Hall–Kier alpha value is -1.82. The zero-order chi connectivity index (χ0) is 12.7. The van der Waals surface area contributed by atoms with Crippen LogP contribution in [0.4, 0.5) is 0 Å². The number of carboxylic acids is 1. The number of nitrogens with zero attached hydrogens (tertiary/aromatic N) is 3. The highest BCUT2D eigenvalue weighted by atomic mass is 35.5. The maximum Gasteiger partial charge on any atom is 0.307 e. The summed E-state index contributed by atoms with van der Waals surface area (Å²) in [7, 11) is 0. The Labute approximate surface area is 107 Å². The summed E-state index contributed by atoms with van der Waals surface area (Å²) in [6.07, 6.45) is 0.971. The van der Waals surface area contributed by atoms with Crippen molar-refractivity contribution in [2.75, 3.05) is 0 Å². The molecule has 94 valence electrons. The van der Waals surface area contributed by atoms with Crippen molar-refractivity contribution in [2.24, 2.45) is 5.92 Å². The molecule has 0 radical (unpaired) electrons. The first-order valence-corrected chi connectivity index (χ1v) is 5.93. The zero-order valence-corrected chi connectivity index (χ0v) is 10.1. The molecular weight excluding hydrogens is 258 g/mol. The van der Waals surface area contributed by atoms with Crippen LogP contribution in [-0.2, 0) is 17.8 Å². The molecule has 0 bridgehead atoms. The van der Waals surface area contributed by atoms with E-state index in [1.165, 1.54) is 0 Å². The maximum atomic E-state index is 11.0. The van der Waals surface area contributed by atoms with Crippen molar-refractivity contribution in [1.82, 2.24) is 14.8 Å². The van der Waals surface area contributed by atoms with E-state index in [0.717, 1.165) is 0 Å². The van der Waals surface area contributed by atoms with E-state index >= 15 is 0 Å². The van der Waals surface area contributed by atoms with Crippen LogP contribution in [-0.4, -0.2) is 25.8 Å². The number of halogens is 1. The van der Waals surface area contributed by atoms with Crippen LogP contribution in [0.15, 0.2) is 16.5 Å². The van der Waals surface area contributed by atoms with E-state index in [-0.39, 0.29) is 5.92 Å². The molecule has 0 saturated heterocycles. The van der Waals surface area contributed by atoms with Gasteiger partial charge in [0.25, 0.3) is 0 Å². The lowest BCUT2D eigenvalue weighted by molar-refractivity contribution is -0.142. The van der Waals surface area contributed by atoms with Gasteiger partial charge in [0.15, 0.2) is 16.8 Å². The number of fused-ring (bicyclic) bond motifs is 1. The Morgan fingerprint density at radius 3 is 3.00 bits per heavy atom. The van der Waals surface area contributed by atoms with Gasteiger partial charge in [0.05, 0.1) is 5.92 Å². The molecule has 6 nitrogen and oxygen atoms in total. The van der Waals surface area contributed by atoms with Crippen molar-refractivity contribution in [1.29, 1.82) is 0 Å². The van der Waals surface area contributed by atoms with Gasteiger partial charge >= 0.3 is 5.97 Å². The number of rotatable bonds is 2. The van der Waals surface area contributed by atoms with Gasteiger partial charge in [-0.15, -0.1) is 10.2 Å². The summed E-state index contributed by atoms with van der Waals surface area (Å²) in [6.45, 7) is 0.576. The highest BCUT2D eigenvalue weighted by Crippen LogP contribution is 2.28. The molecule has 0 aliphatic carbocycles. The number of hydrogen-bond acceptors (Lipinski definition) is 4. The van der Waals surface area contributed by atoms with Crippen LogP contribution in [0.25, 0.3) is 11.6 Å². The molecule has 7 heteroatoms. The fraction of sp³-hybridized carbons (Fsp3) is 0.364. The van der Waals surface area contributed by atoms with Gasteiger partial charge in [-0.1, -0.05) is 0 Å². The average Bonchev–Trinajstić information content (AvgIpc) is 2.93. The Balaban J connectivity index is 1.95. The summed E-state index contributed by atoms with van der Waals surface area (Å²) >= 11 is 5.72. The predicted octanol–water partition coefficient (Wildman–Crippen LogP) is 1.84. The lowest BCUT2D eigenvalue weighted by Gasteiger charge is -2.19. The molecule has 1 unspecified atom stereocenters. The molecule has 0 amide bonds. The van der Waals surface area contributed by atoms with E-state index in [4.69, 9.17) is 21.1 Å². The summed E-state index contributed by atoms with van der Waals surface area (Å²) in [5.41, 5.74) is 0. The molecule has 0 saturated carbocycles. The molecule has 0 fully saturated rings. The summed E-state index contributed by atoms with van der Waals surface area (Å²) < 4.78 is 7.18. The zero-order valence-electron chi connectivity index (χ0n) is 9.34. The average molecular weight is 268 g/mol. The number of hydrogen-bond donors (Lipinski definition) is 1. The van der Waals surface area contributed by atoms with Crippen molar-refractivity contribution < 1.29 is 14.3 Å². The third kappa shape index (κ3) is 1.78. The number of carboxylic acid groups (broad SMARTS) is 1. The third-order valence-corrected chi connectivity index (χ3v) is 3.30. The van der Waals surface area contributed by atoms with E-state index in [0.29, 0.717) is 42.0 Å². The molecule has 0 spiro atoms. The van der Waals surface area contributed by atoms with E-state index < -0.39 is 5.97 Å². The van der Waals surface area contributed by atoms with Crippen LogP contribution >= 0.6 is 11.6 Å². The van der Waals surface area contributed by atoms with Crippen molar-refractivity contribution in [3.63, 3.8) is 0 Å². The summed E-state index contributed by atoms with van der Waals surface area (Å²) in [5, 5.41) is 17.4. The second-order valence-electron chi connectivity index (χ2n) is 4.22. The molecule has 1 atom stereocenters. The largest absolute Gasteiger partial charge is 0.481 e. The van der Waals surface area contributed by atoms with E-state index in [9.17, 15) is 4.79 Å². The number of aliphatic carboxylic acids is 1. The van der Waals surface area contributed by atoms with Gasteiger partial charge in [0.2, 0.25) is 0 Å². The monoisotopic (exact) mass is 267 g/mol. The first-order chi connectivity index (χ1) is 8.65. The lowest BCUT2D eigenvalue weighted by Crippen LogP contribution is -2.25. The molecule has 1 N–H and O–H groups in total.